The van der Waals surface area contributed by atoms with Gasteiger partial charge in [-0.1, -0.05) is 39.0 Å². The maximum atomic E-state index is 11.9. The lowest BCUT2D eigenvalue weighted by Crippen LogP contribution is -2.22. The molecule has 1 aromatic carbocycles. The molecule has 0 amide bonds. The Hall–Kier alpha value is -1.07. The predicted octanol–water partition coefficient (Wildman–Crippen LogP) is 2.19. The minimum absolute atomic E-state index is 0.114. The fraction of sp³-hybridized carbons (Fsp3) is 0.538. The van der Waals surface area contributed by atoms with Crippen LogP contribution in [0.4, 0.5) is 5.69 Å². The Labute approximate surface area is 110 Å². The highest BCUT2D eigenvalue weighted by atomic mass is 32.2. The predicted molar refractivity (Wildman–Crippen MR) is 76.1 cm³/mol. The number of nitrogens with one attached hydrogen (secondary N) is 2. The summed E-state index contributed by atoms with van der Waals surface area (Å²) in [6.45, 7) is 7.32. The fourth-order valence-electron chi connectivity index (χ4n) is 1.68. The molecule has 0 aromatic heterocycles. The maximum absolute atomic E-state index is 11.9. The second-order valence-electron chi connectivity index (χ2n) is 4.71. The summed E-state index contributed by atoms with van der Waals surface area (Å²) in [4.78, 5) is 0. The fourth-order valence-corrected chi connectivity index (χ4v) is 3.18. The quantitative estimate of drug-likeness (QED) is 0.798. The average Bonchev–Trinajstić information content (AvgIpc) is 2.25. The molecular formula is C13H22N2O2S. The van der Waals surface area contributed by atoms with Crippen molar-refractivity contribution in [3.8, 4) is 0 Å². The topological polar surface area (TPSA) is 58.2 Å². The van der Waals surface area contributed by atoms with Gasteiger partial charge in [-0.05, 0) is 24.1 Å². The first-order chi connectivity index (χ1) is 8.44. The first-order valence-electron chi connectivity index (χ1n) is 6.23. The van der Waals surface area contributed by atoms with Gasteiger partial charge in [-0.15, -0.1) is 0 Å². The van der Waals surface area contributed by atoms with E-state index in [9.17, 15) is 8.42 Å². The average molecular weight is 270 g/mol. The molecule has 0 atom stereocenters. The minimum Gasteiger partial charge on any atom is -0.313 e. The molecule has 102 valence electrons. The third kappa shape index (κ3) is 5.06. The van der Waals surface area contributed by atoms with Crippen molar-refractivity contribution in [3.63, 3.8) is 0 Å². The molecule has 0 radical (unpaired) electrons. The zero-order valence-corrected chi connectivity index (χ0v) is 12.0. The van der Waals surface area contributed by atoms with E-state index in [4.69, 9.17) is 0 Å². The summed E-state index contributed by atoms with van der Waals surface area (Å²) >= 11 is 0. The van der Waals surface area contributed by atoms with Gasteiger partial charge in [0.2, 0.25) is 10.0 Å². The van der Waals surface area contributed by atoms with E-state index >= 15 is 0 Å². The molecule has 0 unspecified atom stereocenters. The van der Waals surface area contributed by atoms with Crippen LogP contribution in [0.5, 0.6) is 0 Å². The highest BCUT2D eigenvalue weighted by Crippen LogP contribution is 2.17. The van der Waals surface area contributed by atoms with E-state index in [2.05, 4.69) is 10.0 Å². The second-order valence-corrected chi connectivity index (χ2v) is 6.48. The Morgan fingerprint density at radius 1 is 1.22 bits per heavy atom. The van der Waals surface area contributed by atoms with Crippen molar-refractivity contribution >= 4 is 15.7 Å². The summed E-state index contributed by atoms with van der Waals surface area (Å²) in [7, 11) is -3.26. The molecule has 4 nitrogen and oxygen atoms in total. The summed E-state index contributed by atoms with van der Waals surface area (Å²) < 4.78 is 26.5. The van der Waals surface area contributed by atoms with Crippen molar-refractivity contribution in [2.75, 3.05) is 17.0 Å². The van der Waals surface area contributed by atoms with E-state index in [0.717, 1.165) is 12.1 Å². The van der Waals surface area contributed by atoms with Gasteiger partial charge in [0.25, 0.3) is 0 Å². The molecule has 18 heavy (non-hydrogen) atoms. The van der Waals surface area contributed by atoms with E-state index in [0.29, 0.717) is 12.2 Å². The molecule has 0 aliphatic carbocycles. The van der Waals surface area contributed by atoms with Crippen molar-refractivity contribution in [2.24, 2.45) is 5.92 Å². The van der Waals surface area contributed by atoms with Crippen LogP contribution in [-0.4, -0.2) is 20.7 Å². The Balaban J connectivity index is 2.83. The lowest BCUT2D eigenvalue weighted by atomic mass is 10.2. The standard InChI is InChI=1S/C13H22N2O2S/c1-4-14-9-12-7-5-6-8-13(12)15-18(16,17)10-11(2)3/h5-8,11,14-15H,4,9-10H2,1-3H3. The van der Waals surface area contributed by atoms with Crippen LogP contribution >= 0.6 is 0 Å². The van der Waals surface area contributed by atoms with Gasteiger partial charge in [0, 0.05) is 6.54 Å². The molecule has 0 spiro atoms. The van der Waals surface area contributed by atoms with Crippen LogP contribution in [0, 0.1) is 5.92 Å². The lowest BCUT2D eigenvalue weighted by molar-refractivity contribution is 0.587. The molecular weight excluding hydrogens is 248 g/mol. The van der Waals surface area contributed by atoms with Crippen molar-refractivity contribution < 1.29 is 8.42 Å². The Kier molecular flexibility index (Phi) is 5.62. The Morgan fingerprint density at radius 2 is 1.89 bits per heavy atom. The molecule has 0 bridgehead atoms. The van der Waals surface area contributed by atoms with Crippen LogP contribution in [-0.2, 0) is 16.6 Å². The Bertz CT molecular complexity index is 470. The van der Waals surface area contributed by atoms with Gasteiger partial charge in [-0.3, -0.25) is 4.72 Å². The number of hydrogen-bond acceptors (Lipinski definition) is 3. The molecule has 0 saturated heterocycles. The largest absolute Gasteiger partial charge is 0.313 e. The summed E-state index contributed by atoms with van der Waals surface area (Å²) in [5.41, 5.74) is 1.63. The van der Waals surface area contributed by atoms with E-state index in [1.165, 1.54) is 0 Å². The maximum Gasteiger partial charge on any atom is 0.232 e. The van der Waals surface area contributed by atoms with E-state index in [-0.39, 0.29) is 11.7 Å². The number of sulfonamides is 1. The van der Waals surface area contributed by atoms with Gasteiger partial charge in [-0.25, -0.2) is 8.42 Å². The highest BCUT2D eigenvalue weighted by molar-refractivity contribution is 7.92. The smallest absolute Gasteiger partial charge is 0.232 e. The molecule has 1 rings (SSSR count). The SMILES string of the molecule is CCNCc1ccccc1NS(=O)(=O)CC(C)C. The zero-order valence-electron chi connectivity index (χ0n) is 11.2. The van der Waals surface area contributed by atoms with Gasteiger partial charge >= 0.3 is 0 Å². The van der Waals surface area contributed by atoms with Crippen molar-refractivity contribution in [1.29, 1.82) is 0 Å². The lowest BCUT2D eigenvalue weighted by Gasteiger charge is -2.13. The molecule has 0 aliphatic heterocycles. The van der Waals surface area contributed by atoms with Gasteiger partial charge in [-0.2, -0.15) is 0 Å². The molecule has 5 heteroatoms. The van der Waals surface area contributed by atoms with Crippen LogP contribution in [0.3, 0.4) is 0 Å². The molecule has 2 N–H and O–H groups in total. The number of rotatable bonds is 7. The molecule has 0 fully saturated rings. The van der Waals surface area contributed by atoms with Crippen LogP contribution in [0.1, 0.15) is 26.3 Å². The minimum atomic E-state index is -3.26. The second kappa shape index (κ2) is 6.75. The van der Waals surface area contributed by atoms with Gasteiger partial charge in [0.05, 0.1) is 11.4 Å². The molecule has 0 aliphatic rings. The first-order valence-corrected chi connectivity index (χ1v) is 7.89. The summed E-state index contributed by atoms with van der Waals surface area (Å²) in [6, 6.07) is 7.47. The van der Waals surface area contributed by atoms with Crippen LogP contribution in [0.15, 0.2) is 24.3 Å². The summed E-state index contributed by atoms with van der Waals surface area (Å²) in [5.74, 6) is 0.256. The molecule has 0 heterocycles. The molecule has 0 saturated carbocycles. The van der Waals surface area contributed by atoms with Crippen molar-refractivity contribution in [2.45, 2.75) is 27.3 Å². The Morgan fingerprint density at radius 3 is 2.50 bits per heavy atom. The third-order valence-corrected chi connectivity index (χ3v) is 4.04. The highest BCUT2D eigenvalue weighted by Gasteiger charge is 2.14. The number of hydrogen-bond donors (Lipinski definition) is 2. The molecule has 1 aromatic rings. The van der Waals surface area contributed by atoms with Crippen molar-refractivity contribution in [3.05, 3.63) is 29.8 Å². The van der Waals surface area contributed by atoms with E-state index in [1.54, 1.807) is 6.07 Å². The van der Waals surface area contributed by atoms with Crippen LogP contribution in [0.2, 0.25) is 0 Å². The van der Waals surface area contributed by atoms with E-state index in [1.807, 2.05) is 39.0 Å². The first kappa shape index (κ1) is 15.0. The van der Waals surface area contributed by atoms with Gasteiger partial charge < -0.3 is 5.32 Å². The summed E-state index contributed by atoms with van der Waals surface area (Å²) in [6.07, 6.45) is 0. The normalized spacial score (nSPS) is 11.8. The monoisotopic (exact) mass is 270 g/mol. The number of benzene rings is 1. The number of anilines is 1. The zero-order chi connectivity index (χ0) is 13.6. The van der Waals surface area contributed by atoms with E-state index < -0.39 is 10.0 Å². The van der Waals surface area contributed by atoms with Crippen LogP contribution in [0.25, 0.3) is 0 Å². The summed E-state index contributed by atoms with van der Waals surface area (Å²) in [5, 5.41) is 3.20. The van der Waals surface area contributed by atoms with Gasteiger partial charge in [0.1, 0.15) is 0 Å². The number of para-hydroxylation sites is 1. The van der Waals surface area contributed by atoms with Gasteiger partial charge in [0.15, 0.2) is 0 Å². The van der Waals surface area contributed by atoms with Crippen molar-refractivity contribution in [1.82, 2.24) is 5.32 Å². The third-order valence-electron chi connectivity index (χ3n) is 2.40. The van der Waals surface area contributed by atoms with Crippen LogP contribution < -0.4 is 10.0 Å².